The first-order chi connectivity index (χ1) is 13.5. The smallest absolute Gasteiger partial charge is 0.262 e. The first kappa shape index (κ1) is 17.9. The Hall–Kier alpha value is -3.48. The number of fused-ring (bicyclic) bond motifs is 1. The number of nitrogens with zero attached hydrogens (tertiary/aromatic N) is 2. The Balaban J connectivity index is 1.43. The van der Waals surface area contributed by atoms with Gasteiger partial charge in [-0.1, -0.05) is 18.2 Å². The van der Waals surface area contributed by atoms with Gasteiger partial charge in [0.1, 0.15) is 6.54 Å². The minimum Gasteiger partial charge on any atom is -0.339 e. The lowest BCUT2D eigenvalue weighted by Crippen LogP contribution is -2.37. The molecule has 0 radical (unpaired) electrons. The number of anilines is 1. The molecular formula is C21H19N3O4. The zero-order chi connectivity index (χ0) is 19.7. The average Bonchev–Trinajstić information content (AvgIpc) is 3.32. The lowest BCUT2D eigenvalue weighted by atomic mass is 10.1. The third kappa shape index (κ3) is 3.26. The lowest BCUT2D eigenvalue weighted by Gasteiger charge is -2.16. The third-order valence-corrected chi connectivity index (χ3v) is 4.97. The quantitative estimate of drug-likeness (QED) is 0.828. The molecule has 2 aromatic carbocycles. The van der Waals surface area contributed by atoms with Crippen molar-refractivity contribution in [1.82, 2.24) is 9.80 Å². The number of rotatable bonds is 4. The van der Waals surface area contributed by atoms with Crippen LogP contribution in [0.25, 0.3) is 0 Å². The van der Waals surface area contributed by atoms with Gasteiger partial charge in [-0.25, -0.2) is 0 Å². The predicted octanol–water partition coefficient (Wildman–Crippen LogP) is 2.16. The summed E-state index contributed by atoms with van der Waals surface area (Å²) in [5.41, 5.74) is 1.56. The van der Waals surface area contributed by atoms with Crippen LogP contribution in [0.1, 0.15) is 43.9 Å². The molecule has 7 heteroatoms. The van der Waals surface area contributed by atoms with Crippen LogP contribution < -0.4 is 5.32 Å². The molecule has 0 aliphatic carbocycles. The van der Waals surface area contributed by atoms with E-state index in [0.717, 1.165) is 30.8 Å². The number of hydrogen-bond donors (Lipinski definition) is 1. The standard InChI is InChI=1S/C21H19N3O4/c25-18(13-24-20(27)16-8-1-2-9-17(16)21(24)28)22-15-7-5-6-14(12-15)19(26)23-10-3-4-11-23/h1-2,5-9,12H,3-4,10-11,13H2,(H,22,25). The fraction of sp³-hybridized carbons (Fsp3) is 0.238. The van der Waals surface area contributed by atoms with Gasteiger partial charge in [-0.3, -0.25) is 24.1 Å². The number of imide groups is 1. The summed E-state index contributed by atoms with van der Waals surface area (Å²) in [6.07, 6.45) is 2.00. The van der Waals surface area contributed by atoms with E-state index in [-0.39, 0.29) is 12.5 Å². The third-order valence-electron chi connectivity index (χ3n) is 4.97. The second kappa shape index (κ2) is 7.26. The fourth-order valence-electron chi connectivity index (χ4n) is 3.56. The minimum absolute atomic E-state index is 0.0612. The van der Waals surface area contributed by atoms with Crippen LogP contribution in [-0.4, -0.2) is 53.1 Å². The summed E-state index contributed by atoms with van der Waals surface area (Å²) in [6, 6.07) is 13.2. The highest BCUT2D eigenvalue weighted by atomic mass is 16.2. The van der Waals surface area contributed by atoms with Gasteiger partial charge in [-0.05, 0) is 43.2 Å². The highest BCUT2D eigenvalue weighted by Crippen LogP contribution is 2.22. The van der Waals surface area contributed by atoms with Crippen molar-refractivity contribution < 1.29 is 19.2 Å². The van der Waals surface area contributed by atoms with Crippen molar-refractivity contribution in [3.05, 3.63) is 65.2 Å². The summed E-state index contributed by atoms with van der Waals surface area (Å²) in [5, 5.41) is 2.67. The molecule has 0 aromatic heterocycles. The predicted molar refractivity (Wildman–Crippen MR) is 102 cm³/mol. The van der Waals surface area contributed by atoms with Crippen molar-refractivity contribution in [2.75, 3.05) is 25.0 Å². The van der Waals surface area contributed by atoms with Crippen molar-refractivity contribution in [3.8, 4) is 0 Å². The van der Waals surface area contributed by atoms with Crippen molar-refractivity contribution in [2.24, 2.45) is 0 Å². The van der Waals surface area contributed by atoms with Crippen LogP contribution in [0, 0.1) is 0 Å². The molecule has 2 aromatic rings. The van der Waals surface area contributed by atoms with E-state index in [1.54, 1.807) is 53.4 Å². The average molecular weight is 377 g/mol. The Labute approximate surface area is 161 Å². The van der Waals surface area contributed by atoms with E-state index in [9.17, 15) is 19.2 Å². The van der Waals surface area contributed by atoms with Crippen LogP contribution in [0.15, 0.2) is 48.5 Å². The minimum atomic E-state index is -0.500. The van der Waals surface area contributed by atoms with Gasteiger partial charge < -0.3 is 10.2 Å². The first-order valence-electron chi connectivity index (χ1n) is 9.19. The van der Waals surface area contributed by atoms with Crippen molar-refractivity contribution >= 4 is 29.3 Å². The van der Waals surface area contributed by atoms with E-state index in [2.05, 4.69) is 5.32 Å². The maximum absolute atomic E-state index is 12.5. The Kier molecular flexibility index (Phi) is 4.65. The summed E-state index contributed by atoms with van der Waals surface area (Å²) < 4.78 is 0. The van der Waals surface area contributed by atoms with Crippen molar-refractivity contribution in [1.29, 1.82) is 0 Å². The number of carbonyl (C=O) groups is 4. The lowest BCUT2D eigenvalue weighted by molar-refractivity contribution is -0.116. The van der Waals surface area contributed by atoms with Gasteiger partial charge in [0, 0.05) is 24.3 Å². The fourth-order valence-corrected chi connectivity index (χ4v) is 3.56. The van der Waals surface area contributed by atoms with Crippen LogP contribution in [0.5, 0.6) is 0 Å². The zero-order valence-electron chi connectivity index (χ0n) is 15.2. The SMILES string of the molecule is O=C(CN1C(=O)c2ccccc2C1=O)Nc1cccc(C(=O)N2CCCC2)c1. The zero-order valence-corrected chi connectivity index (χ0v) is 15.2. The van der Waals surface area contributed by atoms with E-state index in [0.29, 0.717) is 22.4 Å². The van der Waals surface area contributed by atoms with Gasteiger partial charge in [0.25, 0.3) is 17.7 Å². The molecule has 142 valence electrons. The van der Waals surface area contributed by atoms with Gasteiger partial charge in [0.15, 0.2) is 0 Å². The van der Waals surface area contributed by atoms with Crippen LogP contribution >= 0.6 is 0 Å². The molecule has 2 aliphatic heterocycles. The Morgan fingerprint density at radius 3 is 2.18 bits per heavy atom. The Morgan fingerprint density at radius 1 is 0.893 bits per heavy atom. The molecule has 2 aliphatic rings. The first-order valence-corrected chi connectivity index (χ1v) is 9.19. The van der Waals surface area contributed by atoms with Crippen molar-refractivity contribution in [2.45, 2.75) is 12.8 Å². The van der Waals surface area contributed by atoms with Crippen LogP contribution in [0.2, 0.25) is 0 Å². The second-order valence-electron chi connectivity index (χ2n) is 6.87. The molecule has 0 saturated carbocycles. The van der Waals surface area contributed by atoms with E-state index >= 15 is 0 Å². The van der Waals surface area contributed by atoms with Crippen molar-refractivity contribution in [3.63, 3.8) is 0 Å². The summed E-state index contributed by atoms with van der Waals surface area (Å²) in [6.45, 7) is 1.11. The van der Waals surface area contributed by atoms with Gasteiger partial charge in [0.05, 0.1) is 11.1 Å². The highest BCUT2D eigenvalue weighted by molar-refractivity contribution is 6.22. The normalized spacial score (nSPS) is 15.7. The van der Waals surface area contributed by atoms with Crippen LogP contribution in [0.3, 0.4) is 0 Å². The van der Waals surface area contributed by atoms with Crippen LogP contribution in [-0.2, 0) is 4.79 Å². The van der Waals surface area contributed by atoms with Gasteiger partial charge in [-0.15, -0.1) is 0 Å². The molecule has 4 rings (SSSR count). The van der Waals surface area contributed by atoms with Gasteiger partial charge in [-0.2, -0.15) is 0 Å². The molecule has 28 heavy (non-hydrogen) atoms. The van der Waals surface area contributed by atoms with E-state index in [1.165, 1.54) is 0 Å². The Bertz CT molecular complexity index is 944. The van der Waals surface area contributed by atoms with E-state index in [4.69, 9.17) is 0 Å². The molecule has 0 unspecified atom stereocenters. The molecule has 7 nitrogen and oxygen atoms in total. The summed E-state index contributed by atoms with van der Waals surface area (Å²) in [5.74, 6) is -1.52. The maximum atomic E-state index is 12.5. The molecule has 0 bridgehead atoms. The number of likely N-dealkylation sites (tertiary alicyclic amines) is 1. The molecule has 0 spiro atoms. The number of hydrogen-bond acceptors (Lipinski definition) is 4. The number of carbonyl (C=O) groups excluding carboxylic acids is 4. The number of nitrogens with one attached hydrogen (secondary N) is 1. The van der Waals surface area contributed by atoms with E-state index < -0.39 is 17.7 Å². The second-order valence-corrected chi connectivity index (χ2v) is 6.87. The topological polar surface area (TPSA) is 86.8 Å². The van der Waals surface area contributed by atoms with Gasteiger partial charge >= 0.3 is 0 Å². The van der Waals surface area contributed by atoms with Crippen LogP contribution in [0.4, 0.5) is 5.69 Å². The Morgan fingerprint density at radius 2 is 1.54 bits per heavy atom. The molecule has 4 amide bonds. The largest absolute Gasteiger partial charge is 0.339 e. The molecular weight excluding hydrogens is 358 g/mol. The van der Waals surface area contributed by atoms with E-state index in [1.807, 2.05) is 0 Å². The summed E-state index contributed by atoms with van der Waals surface area (Å²) in [4.78, 5) is 52.3. The molecule has 0 atom stereocenters. The highest BCUT2D eigenvalue weighted by Gasteiger charge is 2.36. The molecule has 1 N–H and O–H groups in total. The number of benzene rings is 2. The maximum Gasteiger partial charge on any atom is 0.262 e. The molecule has 2 heterocycles. The monoisotopic (exact) mass is 377 g/mol. The van der Waals surface area contributed by atoms with Gasteiger partial charge in [0.2, 0.25) is 5.91 Å². The molecule has 1 fully saturated rings. The number of amides is 4. The summed E-state index contributed by atoms with van der Waals surface area (Å²) >= 11 is 0. The molecule has 1 saturated heterocycles. The summed E-state index contributed by atoms with van der Waals surface area (Å²) in [7, 11) is 0.